The second kappa shape index (κ2) is 3.43. The third kappa shape index (κ3) is 1.77. The lowest BCUT2D eigenvalue weighted by Crippen LogP contribution is -2.17. The van der Waals surface area contributed by atoms with Crippen LogP contribution in [-0.2, 0) is 0 Å². The second-order valence-corrected chi connectivity index (χ2v) is 3.12. The average molecular weight is 178 g/mol. The SMILES string of the molecule is Cc1c(C(=N)N)ccnc1N(C)C. The molecule has 4 nitrogen and oxygen atoms in total. The second-order valence-electron chi connectivity index (χ2n) is 3.12. The number of hydrogen-bond acceptors (Lipinski definition) is 3. The van der Waals surface area contributed by atoms with Gasteiger partial charge in [0.15, 0.2) is 0 Å². The number of anilines is 1. The molecule has 70 valence electrons. The smallest absolute Gasteiger partial charge is 0.131 e. The third-order valence-corrected chi connectivity index (χ3v) is 1.89. The normalized spacial score (nSPS) is 9.77. The molecule has 0 spiro atoms. The summed E-state index contributed by atoms with van der Waals surface area (Å²) in [6.07, 6.45) is 1.67. The Hall–Kier alpha value is -1.58. The van der Waals surface area contributed by atoms with E-state index < -0.39 is 0 Å². The molecule has 0 aliphatic carbocycles. The zero-order valence-electron chi connectivity index (χ0n) is 8.13. The summed E-state index contributed by atoms with van der Waals surface area (Å²) < 4.78 is 0. The Labute approximate surface area is 77.9 Å². The Morgan fingerprint density at radius 3 is 2.62 bits per heavy atom. The molecule has 0 saturated heterocycles. The maximum Gasteiger partial charge on any atom is 0.131 e. The molecule has 0 radical (unpaired) electrons. The summed E-state index contributed by atoms with van der Waals surface area (Å²) in [4.78, 5) is 6.10. The minimum atomic E-state index is 0.0861. The molecule has 1 aromatic heterocycles. The van der Waals surface area contributed by atoms with Gasteiger partial charge in [0.05, 0.1) is 0 Å². The summed E-state index contributed by atoms with van der Waals surface area (Å²) in [6.45, 7) is 1.92. The highest BCUT2D eigenvalue weighted by molar-refractivity contribution is 5.97. The first-order valence-corrected chi connectivity index (χ1v) is 4.01. The van der Waals surface area contributed by atoms with Gasteiger partial charge in [-0.25, -0.2) is 4.98 Å². The summed E-state index contributed by atoms with van der Waals surface area (Å²) >= 11 is 0. The predicted octanol–water partition coefficient (Wildman–Crippen LogP) is 0.740. The van der Waals surface area contributed by atoms with Crippen LogP contribution in [0.25, 0.3) is 0 Å². The molecule has 0 aliphatic heterocycles. The van der Waals surface area contributed by atoms with Crippen LogP contribution in [0.5, 0.6) is 0 Å². The molecule has 13 heavy (non-hydrogen) atoms. The van der Waals surface area contributed by atoms with Gasteiger partial charge in [0.1, 0.15) is 11.7 Å². The first-order valence-electron chi connectivity index (χ1n) is 4.01. The van der Waals surface area contributed by atoms with Gasteiger partial charge in [-0.3, -0.25) is 5.41 Å². The molecule has 1 heterocycles. The van der Waals surface area contributed by atoms with Gasteiger partial charge in [-0.15, -0.1) is 0 Å². The van der Waals surface area contributed by atoms with E-state index in [9.17, 15) is 0 Å². The minimum Gasteiger partial charge on any atom is -0.384 e. The molecule has 0 saturated carbocycles. The highest BCUT2D eigenvalue weighted by Gasteiger charge is 2.08. The van der Waals surface area contributed by atoms with E-state index in [0.717, 1.165) is 16.9 Å². The van der Waals surface area contributed by atoms with E-state index in [0.29, 0.717) is 0 Å². The first-order chi connectivity index (χ1) is 6.04. The highest BCUT2D eigenvalue weighted by atomic mass is 15.1. The topological polar surface area (TPSA) is 66.0 Å². The van der Waals surface area contributed by atoms with E-state index in [2.05, 4.69) is 4.98 Å². The summed E-state index contributed by atoms with van der Waals surface area (Å²) in [7, 11) is 3.83. The molecule has 0 aliphatic rings. The lowest BCUT2D eigenvalue weighted by molar-refractivity contribution is 1.05. The zero-order chi connectivity index (χ0) is 10.0. The Bertz CT molecular complexity index is 330. The summed E-state index contributed by atoms with van der Waals surface area (Å²) in [5.41, 5.74) is 7.11. The third-order valence-electron chi connectivity index (χ3n) is 1.89. The molecule has 4 heteroatoms. The fraction of sp³-hybridized carbons (Fsp3) is 0.333. The standard InChI is InChI=1S/C9H14N4/c1-6-7(8(10)11)4-5-12-9(6)13(2)3/h4-5H,1-3H3,(H3,10,11). The summed E-state index contributed by atoms with van der Waals surface area (Å²) in [6, 6.07) is 1.75. The Morgan fingerprint density at radius 2 is 2.15 bits per heavy atom. The molecule has 0 aromatic carbocycles. The lowest BCUT2D eigenvalue weighted by Gasteiger charge is -2.15. The molecular formula is C9H14N4. The fourth-order valence-electron chi connectivity index (χ4n) is 1.27. The van der Waals surface area contributed by atoms with E-state index in [1.165, 1.54) is 0 Å². The van der Waals surface area contributed by atoms with Gasteiger partial charge in [-0.1, -0.05) is 0 Å². The van der Waals surface area contributed by atoms with Crippen molar-refractivity contribution in [1.82, 2.24) is 4.98 Å². The van der Waals surface area contributed by atoms with Crippen LogP contribution >= 0.6 is 0 Å². The van der Waals surface area contributed by atoms with Crippen LogP contribution in [0, 0.1) is 12.3 Å². The van der Waals surface area contributed by atoms with Gasteiger partial charge in [-0.05, 0) is 13.0 Å². The number of rotatable bonds is 2. The molecule has 0 bridgehead atoms. The average Bonchev–Trinajstić information content (AvgIpc) is 2.03. The number of hydrogen-bond donors (Lipinski definition) is 2. The van der Waals surface area contributed by atoms with Crippen LogP contribution in [0.4, 0.5) is 5.82 Å². The van der Waals surface area contributed by atoms with Gasteiger partial charge < -0.3 is 10.6 Å². The van der Waals surface area contributed by atoms with Crippen molar-refractivity contribution in [1.29, 1.82) is 5.41 Å². The van der Waals surface area contributed by atoms with E-state index in [-0.39, 0.29) is 5.84 Å². The molecule has 0 unspecified atom stereocenters. The van der Waals surface area contributed by atoms with Crippen molar-refractivity contribution in [2.45, 2.75) is 6.92 Å². The largest absolute Gasteiger partial charge is 0.384 e. The first kappa shape index (κ1) is 9.51. The van der Waals surface area contributed by atoms with Crippen molar-refractivity contribution in [3.05, 3.63) is 23.4 Å². The minimum absolute atomic E-state index is 0.0861. The lowest BCUT2D eigenvalue weighted by atomic mass is 10.1. The van der Waals surface area contributed by atoms with Crippen LogP contribution < -0.4 is 10.6 Å². The monoisotopic (exact) mass is 178 g/mol. The molecule has 0 atom stereocenters. The van der Waals surface area contributed by atoms with Crippen LogP contribution in [0.15, 0.2) is 12.3 Å². The van der Waals surface area contributed by atoms with Gasteiger partial charge in [-0.2, -0.15) is 0 Å². The number of nitrogen functional groups attached to an aromatic ring is 1. The Kier molecular flexibility index (Phi) is 2.51. The van der Waals surface area contributed by atoms with Crippen molar-refractivity contribution in [2.75, 3.05) is 19.0 Å². The van der Waals surface area contributed by atoms with Gasteiger partial charge in [0.25, 0.3) is 0 Å². The summed E-state index contributed by atoms with van der Waals surface area (Å²) in [5.74, 6) is 0.940. The van der Waals surface area contributed by atoms with Crippen molar-refractivity contribution < 1.29 is 0 Å². The van der Waals surface area contributed by atoms with Gasteiger partial charge >= 0.3 is 0 Å². The number of nitrogens with two attached hydrogens (primary N) is 1. The van der Waals surface area contributed by atoms with Gasteiger partial charge in [0.2, 0.25) is 0 Å². The Morgan fingerprint density at radius 1 is 1.54 bits per heavy atom. The molecule has 0 fully saturated rings. The number of amidine groups is 1. The molecular weight excluding hydrogens is 164 g/mol. The fourth-order valence-corrected chi connectivity index (χ4v) is 1.27. The van der Waals surface area contributed by atoms with Crippen LogP contribution in [0.2, 0.25) is 0 Å². The number of nitrogens with one attached hydrogen (secondary N) is 1. The maximum atomic E-state index is 7.35. The Balaban J connectivity index is 3.26. The van der Waals surface area contributed by atoms with E-state index in [4.69, 9.17) is 11.1 Å². The van der Waals surface area contributed by atoms with E-state index >= 15 is 0 Å². The summed E-state index contributed by atoms with van der Waals surface area (Å²) in [5, 5.41) is 7.35. The van der Waals surface area contributed by atoms with Crippen LogP contribution in [0.3, 0.4) is 0 Å². The highest BCUT2D eigenvalue weighted by Crippen LogP contribution is 2.17. The van der Waals surface area contributed by atoms with E-state index in [1.807, 2.05) is 25.9 Å². The maximum absolute atomic E-state index is 7.35. The van der Waals surface area contributed by atoms with Crippen LogP contribution in [0.1, 0.15) is 11.1 Å². The van der Waals surface area contributed by atoms with Crippen molar-refractivity contribution >= 4 is 11.7 Å². The molecule has 3 N–H and O–H groups in total. The number of nitrogens with zero attached hydrogens (tertiary/aromatic N) is 2. The van der Waals surface area contributed by atoms with E-state index in [1.54, 1.807) is 12.3 Å². The van der Waals surface area contributed by atoms with Gasteiger partial charge in [0, 0.05) is 31.4 Å². The van der Waals surface area contributed by atoms with Crippen molar-refractivity contribution in [3.8, 4) is 0 Å². The molecule has 1 aromatic rings. The predicted molar refractivity (Wildman–Crippen MR) is 54.3 cm³/mol. The number of aromatic nitrogens is 1. The number of pyridine rings is 1. The van der Waals surface area contributed by atoms with Crippen molar-refractivity contribution in [3.63, 3.8) is 0 Å². The molecule has 0 amide bonds. The quantitative estimate of drug-likeness (QED) is 0.518. The van der Waals surface area contributed by atoms with Crippen molar-refractivity contribution in [2.24, 2.45) is 5.73 Å². The molecule has 1 rings (SSSR count). The van der Waals surface area contributed by atoms with Crippen LogP contribution in [-0.4, -0.2) is 24.9 Å². The zero-order valence-corrected chi connectivity index (χ0v) is 8.13.